The molecule has 0 fully saturated rings. The molecule has 17 heavy (non-hydrogen) atoms. The molecule has 1 N–H and O–H groups in total. The molecule has 1 aromatic rings. The monoisotopic (exact) mass is 253 g/mol. The molecule has 0 saturated heterocycles. The molecule has 1 nitrogen and oxygen atoms in total. The smallest absolute Gasteiger partial charge is 0.312 e. The number of rotatable bonds is 4. The zero-order valence-corrected chi connectivity index (χ0v) is 9.06. The number of likely N-dealkylation sites (N-methyl/N-ethyl adjacent to an activating group) is 1. The number of hydrogen-bond acceptors (Lipinski definition) is 1. The van der Waals surface area contributed by atoms with Crippen molar-refractivity contribution in [2.24, 2.45) is 0 Å². The van der Waals surface area contributed by atoms with Crippen LogP contribution in [0.1, 0.15) is 11.1 Å². The van der Waals surface area contributed by atoms with Crippen molar-refractivity contribution < 1.29 is 22.0 Å². The van der Waals surface area contributed by atoms with Gasteiger partial charge in [-0.3, -0.25) is 0 Å². The van der Waals surface area contributed by atoms with E-state index in [1.54, 1.807) is 0 Å². The molecule has 0 aliphatic rings. The van der Waals surface area contributed by atoms with Crippen molar-refractivity contribution in [3.63, 3.8) is 0 Å². The predicted octanol–water partition coefficient (Wildman–Crippen LogP) is 3.10. The van der Waals surface area contributed by atoms with E-state index >= 15 is 0 Å². The van der Waals surface area contributed by atoms with Gasteiger partial charge >= 0.3 is 6.18 Å². The van der Waals surface area contributed by atoms with Gasteiger partial charge in [-0.2, -0.15) is 13.2 Å². The Kier molecular flexibility index (Phi) is 4.45. The predicted molar refractivity (Wildman–Crippen MR) is 54.0 cm³/mol. The van der Waals surface area contributed by atoms with Crippen LogP contribution in [0.2, 0.25) is 0 Å². The second-order valence-corrected chi connectivity index (χ2v) is 3.63. The minimum atomic E-state index is -4.40. The van der Waals surface area contributed by atoms with Crippen LogP contribution in [0.25, 0.3) is 0 Å². The highest BCUT2D eigenvalue weighted by Gasteiger charge is 2.30. The van der Waals surface area contributed by atoms with Crippen molar-refractivity contribution in [1.29, 1.82) is 0 Å². The van der Waals surface area contributed by atoms with E-state index in [4.69, 9.17) is 0 Å². The summed E-state index contributed by atoms with van der Waals surface area (Å²) >= 11 is 0. The fourth-order valence-electron chi connectivity index (χ4n) is 1.40. The van der Waals surface area contributed by atoms with Gasteiger partial charge < -0.3 is 5.32 Å². The van der Waals surface area contributed by atoms with E-state index in [2.05, 4.69) is 5.32 Å². The van der Waals surface area contributed by atoms with Crippen LogP contribution in [-0.4, -0.2) is 19.5 Å². The summed E-state index contributed by atoms with van der Waals surface area (Å²) in [6, 6.07) is 3.18. The van der Waals surface area contributed by atoms with Gasteiger partial charge in [-0.1, -0.05) is 12.1 Å². The van der Waals surface area contributed by atoms with Gasteiger partial charge in [0.15, 0.2) is 0 Å². The highest BCUT2D eigenvalue weighted by Crippen LogP contribution is 2.29. The second-order valence-electron chi connectivity index (χ2n) is 3.63. The normalized spacial score (nSPS) is 14.1. The third-order valence-corrected chi connectivity index (χ3v) is 2.41. The Hall–Kier alpha value is -1.17. The summed E-state index contributed by atoms with van der Waals surface area (Å²) in [6.45, 7) is 0. The maximum Gasteiger partial charge on any atom is 0.416 e. The van der Waals surface area contributed by atoms with Crippen molar-refractivity contribution in [1.82, 2.24) is 5.32 Å². The zero-order chi connectivity index (χ0) is 13.1. The topological polar surface area (TPSA) is 12.0 Å². The molecule has 0 bridgehead atoms. The van der Waals surface area contributed by atoms with Crippen LogP contribution in [0.15, 0.2) is 24.3 Å². The van der Waals surface area contributed by atoms with Crippen molar-refractivity contribution in [2.45, 2.75) is 25.1 Å². The fraction of sp³-hybridized carbons (Fsp3) is 0.455. The van der Waals surface area contributed by atoms with Crippen LogP contribution in [-0.2, 0) is 12.6 Å². The number of benzene rings is 1. The fourth-order valence-corrected chi connectivity index (χ4v) is 1.40. The van der Waals surface area contributed by atoms with Gasteiger partial charge in [0.05, 0.1) is 11.6 Å². The van der Waals surface area contributed by atoms with Crippen LogP contribution < -0.4 is 5.32 Å². The summed E-state index contributed by atoms with van der Waals surface area (Å²) in [5.74, 6) is 0. The average molecular weight is 253 g/mol. The maximum absolute atomic E-state index is 12.4. The molecule has 1 aromatic carbocycles. The summed E-state index contributed by atoms with van der Waals surface area (Å²) in [5.41, 5.74) is -0.336. The summed E-state index contributed by atoms with van der Waals surface area (Å²) in [7, 11) is 1.39. The number of alkyl halides is 5. The zero-order valence-electron chi connectivity index (χ0n) is 9.06. The molecule has 1 rings (SSSR count). The minimum absolute atomic E-state index is 0.00764. The minimum Gasteiger partial charge on any atom is -0.312 e. The third kappa shape index (κ3) is 3.96. The van der Waals surface area contributed by atoms with Gasteiger partial charge in [0.25, 0.3) is 6.43 Å². The highest BCUT2D eigenvalue weighted by atomic mass is 19.4. The molecular formula is C11H12F5N. The van der Waals surface area contributed by atoms with E-state index in [-0.39, 0.29) is 6.42 Å². The molecule has 0 aliphatic heterocycles. The third-order valence-electron chi connectivity index (χ3n) is 2.41. The van der Waals surface area contributed by atoms with E-state index in [0.29, 0.717) is 5.56 Å². The lowest BCUT2D eigenvalue weighted by molar-refractivity contribution is -0.137. The molecule has 0 spiro atoms. The first-order valence-corrected chi connectivity index (χ1v) is 4.96. The Labute approximate surface area is 95.6 Å². The Morgan fingerprint density at radius 1 is 1.12 bits per heavy atom. The van der Waals surface area contributed by atoms with Crippen LogP contribution in [0.5, 0.6) is 0 Å². The first-order valence-electron chi connectivity index (χ1n) is 4.96. The highest BCUT2D eigenvalue weighted by molar-refractivity contribution is 5.25. The van der Waals surface area contributed by atoms with Gasteiger partial charge in [-0.25, -0.2) is 8.78 Å². The van der Waals surface area contributed by atoms with Crippen molar-refractivity contribution in [3.8, 4) is 0 Å². The molecule has 0 saturated carbocycles. The van der Waals surface area contributed by atoms with Crippen LogP contribution in [0.4, 0.5) is 22.0 Å². The van der Waals surface area contributed by atoms with Crippen molar-refractivity contribution in [2.75, 3.05) is 7.05 Å². The molecule has 0 radical (unpaired) electrons. The van der Waals surface area contributed by atoms with Gasteiger partial charge in [-0.15, -0.1) is 0 Å². The molecule has 1 atom stereocenters. The summed E-state index contributed by atoms with van der Waals surface area (Å²) in [6.07, 6.45) is -6.96. The van der Waals surface area contributed by atoms with E-state index in [1.807, 2.05) is 0 Å². The van der Waals surface area contributed by atoms with Gasteiger partial charge in [0.1, 0.15) is 0 Å². The van der Waals surface area contributed by atoms with E-state index in [9.17, 15) is 22.0 Å². The Morgan fingerprint density at radius 2 is 1.65 bits per heavy atom. The van der Waals surface area contributed by atoms with Gasteiger partial charge in [-0.05, 0) is 31.2 Å². The number of hydrogen-bond donors (Lipinski definition) is 1. The first kappa shape index (κ1) is 13.9. The number of halogens is 5. The standard InChI is InChI=1S/C11H12F5N/c1-17-9(10(12)13)6-7-2-4-8(5-3-7)11(14,15)16/h2-5,9-10,17H,6H2,1H3. The average Bonchev–Trinajstić information content (AvgIpc) is 2.25. The van der Waals surface area contributed by atoms with E-state index in [0.717, 1.165) is 12.1 Å². The lowest BCUT2D eigenvalue weighted by Crippen LogP contribution is -2.34. The molecule has 1 unspecified atom stereocenters. The molecule has 0 aromatic heterocycles. The van der Waals surface area contributed by atoms with Crippen LogP contribution in [0.3, 0.4) is 0 Å². The number of nitrogens with one attached hydrogen (secondary N) is 1. The van der Waals surface area contributed by atoms with Crippen LogP contribution in [0, 0.1) is 0 Å². The Bertz CT molecular complexity index is 344. The van der Waals surface area contributed by atoms with Gasteiger partial charge in [0.2, 0.25) is 0 Å². The summed E-state index contributed by atoms with van der Waals surface area (Å²) < 4.78 is 61.6. The van der Waals surface area contributed by atoms with Crippen LogP contribution >= 0.6 is 0 Å². The summed E-state index contributed by atoms with van der Waals surface area (Å²) in [4.78, 5) is 0. The quantitative estimate of drug-likeness (QED) is 0.813. The lowest BCUT2D eigenvalue weighted by Gasteiger charge is -2.15. The maximum atomic E-state index is 12.4. The van der Waals surface area contributed by atoms with Crippen molar-refractivity contribution in [3.05, 3.63) is 35.4 Å². The Morgan fingerprint density at radius 3 is 2.00 bits per heavy atom. The molecule has 0 heterocycles. The first-order chi connectivity index (χ1) is 7.84. The lowest BCUT2D eigenvalue weighted by atomic mass is 10.0. The van der Waals surface area contributed by atoms with Crippen molar-refractivity contribution >= 4 is 0 Å². The molecule has 6 heteroatoms. The molecule has 96 valence electrons. The SMILES string of the molecule is CNC(Cc1ccc(C(F)(F)F)cc1)C(F)F. The molecule has 0 amide bonds. The molecular weight excluding hydrogens is 241 g/mol. The Balaban J connectivity index is 2.75. The van der Waals surface area contributed by atoms with Gasteiger partial charge in [0, 0.05) is 0 Å². The molecule has 0 aliphatic carbocycles. The van der Waals surface area contributed by atoms with E-state index in [1.165, 1.54) is 19.2 Å². The van der Waals surface area contributed by atoms with E-state index < -0.39 is 24.2 Å². The summed E-state index contributed by atoms with van der Waals surface area (Å²) in [5, 5.41) is 2.42. The second kappa shape index (κ2) is 5.44. The largest absolute Gasteiger partial charge is 0.416 e.